The molecule has 0 unspecified atom stereocenters. The summed E-state index contributed by atoms with van der Waals surface area (Å²) < 4.78 is 26.1. The van der Waals surface area contributed by atoms with E-state index < -0.39 is 10.0 Å². The largest absolute Gasteiger partial charge is 0.320 e. The Labute approximate surface area is 99.2 Å². The first kappa shape index (κ1) is 13.9. The maximum atomic E-state index is 11.7. The molecule has 96 valence electrons. The van der Waals surface area contributed by atoms with Gasteiger partial charge >= 0.3 is 0 Å². The van der Waals surface area contributed by atoms with Crippen molar-refractivity contribution in [2.75, 3.05) is 25.9 Å². The molecule has 0 amide bonds. The molecule has 1 aliphatic rings. The first-order valence-corrected chi connectivity index (χ1v) is 7.75. The monoisotopic (exact) mass is 248 g/mol. The lowest BCUT2D eigenvalue weighted by Crippen LogP contribution is -2.36. The molecule has 0 heterocycles. The van der Waals surface area contributed by atoms with E-state index in [9.17, 15) is 8.42 Å². The van der Waals surface area contributed by atoms with Crippen molar-refractivity contribution in [1.29, 1.82) is 0 Å². The van der Waals surface area contributed by atoms with Crippen LogP contribution in [0.25, 0.3) is 0 Å². The van der Waals surface area contributed by atoms with Crippen LogP contribution in [0.15, 0.2) is 0 Å². The third-order valence-electron chi connectivity index (χ3n) is 3.37. The summed E-state index contributed by atoms with van der Waals surface area (Å²) in [7, 11) is -1.24. The fourth-order valence-electron chi connectivity index (χ4n) is 2.20. The van der Waals surface area contributed by atoms with E-state index in [4.69, 9.17) is 0 Å². The van der Waals surface area contributed by atoms with Gasteiger partial charge in [-0.3, -0.25) is 0 Å². The van der Waals surface area contributed by atoms with Crippen molar-refractivity contribution in [3.05, 3.63) is 0 Å². The number of nitrogens with one attached hydrogen (secondary N) is 2. The SMILES string of the molecule is CNCCCS(=O)(=O)NCC1(C)CCCC1. The zero-order chi connectivity index (χ0) is 12.1. The molecule has 1 fully saturated rings. The predicted octanol–water partition coefficient (Wildman–Crippen LogP) is 1.10. The smallest absolute Gasteiger partial charge is 0.211 e. The molecule has 1 saturated carbocycles. The van der Waals surface area contributed by atoms with E-state index in [1.54, 1.807) is 0 Å². The van der Waals surface area contributed by atoms with Gasteiger partial charge in [0, 0.05) is 6.54 Å². The Kier molecular flexibility index (Phi) is 5.21. The third kappa shape index (κ3) is 4.80. The molecule has 1 aliphatic carbocycles. The number of hydrogen-bond acceptors (Lipinski definition) is 3. The molecule has 2 N–H and O–H groups in total. The van der Waals surface area contributed by atoms with E-state index in [-0.39, 0.29) is 11.2 Å². The summed E-state index contributed by atoms with van der Waals surface area (Å²) >= 11 is 0. The minimum absolute atomic E-state index is 0.191. The molecule has 0 radical (unpaired) electrons. The fraction of sp³-hybridized carbons (Fsp3) is 1.00. The van der Waals surface area contributed by atoms with Crippen LogP contribution in [0.5, 0.6) is 0 Å². The van der Waals surface area contributed by atoms with Crippen molar-refractivity contribution in [3.63, 3.8) is 0 Å². The van der Waals surface area contributed by atoms with Gasteiger partial charge in [0.2, 0.25) is 10.0 Å². The molecule has 5 heteroatoms. The average Bonchev–Trinajstić information content (AvgIpc) is 2.64. The molecule has 0 aromatic rings. The Balaban J connectivity index is 2.30. The van der Waals surface area contributed by atoms with Crippen LogP contribution in [-0.2, 0) is 10.0 Å². The molecule has 16 heavy (non-hydrogen) atoms. The molecule has 0 aromatic carbocycles. The topological polar surface area (TPSA) is 58.2 Å². The summed E-state index contributed by atoms with van der Waals surface area (Å²) in [6.07, 6.45) is 5.43. The lowest BCUT2D eigenvalue weighted by Gasteiger charge is -2.23. The van der Waals surface area contributed by atoms with E-state index in [2.05, 4.69) is 17.0 Å². The molecular weight excluding hydrogens is 224 g/mol. The van der Waals surface area contributed by atoms with Gasteiger partial charge in [-0.25, -0.2) is 13.1 Å². The van der Waals surface area contributed by atoms with Crippen molar-refractivity contribution in [1.82, 2.24) is 10.0 Å². The quantitative estimate of drug-likeness (QED) is 0.663. The summed E-state index contributed by atoms with van der Waals surface area (Å²) in [6.45, 7) is 3.53. The molecular formula is C11H24N2O2S. The van der Waals surface area contributed by atoms with E-state index >= 15 is 0 Å². The van der Waals surface area contributed by atoms with Gasteiger partial charge in [0.25, 0.3) is 0 Å². The normalized spacial score (nSPS) is 20.1. The minimum Gasteiger partial charge on any atom is -0.320 e. The number of rotatable bonds is 7. The lowest BCUT2D eigenvalue weighted by atomic mass is 9.89. The Hall–Kier alpha value is -0.130. The van der Waals surface area contributed by atoms with Gasteiger partial charge in [0.05, 0.1) is 5.75 Å². The summed E-state index contributed by atoms with van der Waals surface area (Å²) in [5.74, 6) is 0.226. The van der Waals surface area contributed by atoms with Gasteiger partial charge < -0.3 is 5.32 Å². The number of hydrogen-bond donors (Lipinski definition) is 2. The highest BCUT2D eigenvalue weighted by Gasteiger charge is 2.29. The van der Waals surface area contributed by atoms with Crippen molar-refractivity contribution in [2.24, 2.45) is 5.41 Å². The van der Waals surface area contributed by atoms with Crippen LogP contribution < -0.4 is 10.0 Å². The van der Waals surface area contributed by atoms with Gasteiger partial charge in [0.1, 0.15) is 0 Å². The van der Waals surface area contributed by atoms with Crippen molar-refractivity contribution in [2.45, 2.75) is 39.0 Å². The summed E-state index contributed by atoms with van der Waals surface area (Å²) in [6, 6.07) is 0. The van der Waals surface area contributed by atoms with Crippen LogP contribution in [0.2, 0.25) is 0 Å². The van der Waals surface area contributed by atoms with Crippen LogP contribution in [0.1, 0.15) is 39.0 Å². The predicted molar refractivity (Wildman–Crippen MR) is 66.9 cm³/mol. The summed E-state index contributed by atoms with van der Waals surface area (Å²) in [5.41, 5.74) is 0.191. The van der Waals surface area contributed by atoms with Crippen molar-refractivity contribution >= 4 is 10.0 Å². The Bertz CT molecular complexity index is 295. The summed E-state index contributed by atoms with van der Waals surface area (Å²) in [4.78, 5) is 0. The molecule has 0 saturated heterocycles. The minimum atomic E-state index is -3.07. The van der Waals surface area contributed by atoms with E-state index in [0.29, 0.717) is 13.0 Å². The first-order chi connectivity index (χ1) is 7.47. The van der Waals surface area contributed by atoms with Gasteiger partial charge in [-0.15, -0.1) is 0 Å². The molecule has 0 aliphatic heterocycles. The third-order valence-corrected chi connectivity index (χ3v) is 4.78. The molecule has 1 rings (SSSR count). The maximum absolute atomic E-state index is 11.7. The highest BCUT2D eigenvalue weighted by atomic mass is 32.2. The molecule has 0 aromatic heterocycles. The van der Waals surface area contributed by atoms with E-state index in [1.165, 1.54) is 12.8 Å². The Morgan fingerprint density at radius 3 is 2.44 bits per heavy atom. The van der Waals surface area contributed by atoms with Gasteiger partial charge in [0.15, 0.2) is 0 Å². The summed E-state index contributed by atoms with van der Waals surface area (Å²) in [5, 5.41) is 2.95. The molecule has 0 spiro atoms. The second-order valence-corrected chi connectivity index (χ2v) is 7.04. The average molecular weight is 248 g/mol. The van der Waals surface area contributed by atoms with Crippen molar-refractivity contribution in [3.8, 4) is 0 Å². The second-order valence-electron chi connectivity index (χ2n) is 5.11. The maximum Gasteiger partial charge on any atom is 0.211 e. The van der Waals surface area contributed by atoms with Crippen LogP contribution in [0.3, 0.4) is 0 Å². The first-order valence-electron chi connectivity index (χ1n) is 6.09. The zero-order valence-corrected chi connectivity index (χ0v) is 11.2. The Morgan fingerprint density at radius 1 is 1.25 bits per heavy atom. The van der Waals surface area contributed by atoms with Gasteiger partial charge in [-0.1, -0.05) is 19.8 Å². The molecule has 0 bridgehead atoms. The lowest BCUT2D eigenvalue weighted by molar-refractivity contribution is 0.336. The number of sulfonamides is 1. The van der Waals surface area contributed by atoms with Gasteiger partial charge in [-0.2, -0.15) is 0 Å². The standard InChI is InChI=1S/C11H24N2O2S/c1-11(6-3-4-7-11)10-13-16(14,15)9-5-8-12-2/h12-13H,3-10H2,1-2H3. The van der Waals surface area contributed by atoms with E-state index in [0.717, 1.165) is 19.4 Å². The highest BCUT2D eigenvalue weighted by Crippen LogP contribution is 2.36. The van der Waals surface area contributed by atoms with Crippen molar-refractivity contribution < 1.29 is 8.42 Å². The second kappa shape index (κ2) is 5.98. The van der Waals surface area contributed by atoms with Gasteiger partial charge in [-0.05, 0) is 38.3 Å². The van der Waals surface area contributed by atoms with E-state index in [1.807, 2.05) is 7.05 Å². The highest BCUT2D eigenvalue weighted by molar-refractivity contribution is 7.89. The fourth-order valence-corrected chi connectivity index (χ4v) is 3.44. The molecule has 0 atom stereocenters. The van der Waals surface area contributed by atoms with Crippen LogP contribution in [-0.4, -0.2) is 34.3 Å². The van der Waals surface area contributed by atoms with Crippen LogP contribution >= 0.6 is 0 Å². The van der Waals surface area contributed by atoms with Crippen LogP contribution in [0.4, 0.5) is 0 Å². The molecule has 4 nitrogen and oxygen atoms in total. The zero-order valence-electron chi connectivity index (χ0n) is 10.4. The van der Waals surface area contributed by atoms with Crippen LogP contribution in [0, 0.1) is 5.41 Å². The Morgan fingerprint density at radius 2 is 1.88 bits per heavy atom.